The lowest BCUT2D eigenvalue weighted by molar-refractivity contribution is 0.200. The van der Waals surface area contributed by atoms with E-state index in [2.05, 4.69) is 48.8 Å². The van der Waals surface area contributed by atoms with Crippen LogP contribution in [0.2, 0.25) is 0 Å². The van der Waals surface area contributed by atoms with Gasteiger partial charge in [-0.2, -0.15) is 5.26 Å². The molecular formula is C21H31N3. The lowest BCUT2D eigenvalue weighted by Gasteiger charge is -2.33. The first-order valence-electron chi connectivity index (χ1n) is 9.22. The number of hydrogen-bond acceptors (Lipinski definition) is 3. The molecule has 0 saturated carbocycles. The number of nitrogens with one attached hydrogen (secondary N) is 1. The van der Waals surface area contributed by atoms with Gasteiger partial charge < -0.3 is 10.2 Å². The number of likely N-dealkylation sites (tertiary alicyclic amines) is 1. The quantitative estimate of drug-likeness (QED) is 0.699. The summed E-state index contributed by atoms with van der Waals surface area (Å²) in [5.41, 5.74) is 3.49. The Hall–Kier alpha value is -1.79. The topological polar surface area (TPSA) is 39.1 Å². The van der Waals surface area contributed by atoms with Crippen molar-refractivity contribution in [1.29, 1.82) is 5.26 Å². The summed E-state index contributed by atoms with van der Waals surface area (Å²) in [7, 11) is 0. The van der Waals surface area contributed by atoms with Crippen molar-refractivity contribution in [3.63, 3.8) is 0 Å². The molecule has 0 spiro atoms. The van der Waals surface area contributed by atoms with Crippen LogP contribution in [0.1, 0.15) is 45.1 Å². The van der Waals surface area contributed by atoms with Crippen molar-refractivity contribution in [3.05, 3.63) is 36.4 Å². The van der Waals surface area contributed by atoms with Crippen LogP contribution in [0.15, 0.2) is 30.8 Å². The van der Waals surface area contributed by atoms with E-state index in [1.54, 1.807) is 0 Å². The van der Waals surface area contributed by atoms with Crippen molar-refractivity contribution in [1.82, 2.24) is 4.90 Å². The van der Waals surface area contributed by atoms with Gasteiger partial charge >= 0.3 is 0 Å². The van der Waals surface area contributed by atoms with E-state index in [-0.39, 0.29) is 0 Å². The lowest BCUT2D eigenvalue weighted by atomic mass is 9.86. The molecule has 0 aliphatic carbocycles. The number of nitriles is 1. The second-order valence-corrected chi connectivity index (χ2v) is 7.27. The molecule has 1 aliphatic rings. The fourth-order valence-corrected chi connectivity index (χ4v) is 3.41. The van der Waals surface area contributed by atoms with E-state index in [0.29, 0.717) is 12.5 Å². The molecule has 1 aliphatic heterocycles. The summed E-state index contributed by atoms with van der Waals surface area (Å²) in [5, 5.41) is 11.7. The van der Waals surface area contributed by atoms with Gasteiger partial charge in [-0.1, -0.05) is 32.6 Å². The molecular weight excluding hydrogens is 294 g/mol. The van der Waals surface area contributed by atoms with Crippen molar-refractivity contribution in [3.8, 4) is 6.07 Å². The summed E-state index contributed by atoms with van der Waals surface area (Å²) in [6.45, 7) is 13.0. The van der Waals surface area contributed by atoms with Gasteiger partial charge in [0.15, 0.2) is 0 Å². The van der Waals surface area contributed by atoms with Gasteiger partial charge in [-0.05, 0) is 80.4 Å². The van der Waals surface area contributed by atoms with Crippen LogP contribution in [0.5, 0.6) is 0 Å². The fraction of sp³-hybridized carbons (Fsp3) is 0.571. The van der Waals surface area contributed by atoms with Crippen molar-refractivity contribution in [2.24, 2.45) is 11.8 Å². The van der Waals surface area contributed by atoms with Crippen molar-refractivity contribution < 1.29 is 0 Å². The summed E-state index contributed by atoms with van der Waals surface area (Å²) < 4.78 is 0. The molecule has 130 valence electrons. The molecule has 24 heavy (non-hydrogen) atoms. The Bertz CT molecular complexity index is 545. The molecule has 0 unspecified atom stereocenters. The first-order valence-corrected chi connectivity index (χ1v) is 9.22. The molecule has 1 aromatic carbocycles. The third kappa shape index (κ3) is 5.69. The van der Waals surface area contributed by atoms with Crippen LogP contribution in [0, 0.1) is 23.2 Å². The van der Waals surface area contributed by atoms with Crippen LogP contribution in [-0.4, -0.2) is 31.1 Å². The first-order chi connectivity index (χ1) is 11.6. The molecule has 0 atom stereocenters. The highest BCUT2D eigenvalue weighted by atomic mass is 15.1. The minimum absolute atomic E-state index is 0.343. The molecule has 1 aromatic rings. The van der Waals surface area contributed by atoms with Crippen LogP contribution in [0.4, 0.5) is 5.69 Å². The minimum Gasteiger partial charge on any atom is -0.372 e. The molecule has 0 radical (unpaired) electrons. The van der Waals surface area contributed by atoms with E-state index in [9.17, 15) is 0 Å². The molecule has 3 heteroatoms. The predicted octanol–water partition coefficient (Wildman–Crippen LogP) is 4.78. The molecule has 0 aromatic heterocycles. The second kappa shape index (κ2) is 9.49. The number of benzene rings is 1. The molecule has 2 rings (SSSR count). The maximum Gasteiger partial charge on any atom is 0.103 e. The molecule has 1 fully saturated rings. The van der Waals surface area contributed by atoms with Gasteiger partial charge in [-0.15, -0.1) is 0 Å². The summed E-state index contributed by atoms with van der Waals surface area (Å²) in [5.74, 6) is 1.41. The van der Waals surface area contributed by atoms with E-state index in [1.807, 2.05) is 12.1 Å². The molecule has 0 amide bonds. The van der Waals surface area contributed by atoms with Gasteiger partial charge in [-0.3, -0.25) is 0 Å². The number of allylic oxidation sites excluding steroid dienone is 1. The number of nitrogens with zero attached hydrogens (tertiary/aromatic N) is 2. The molecule has 3 nitrogen and oxygen atoms in total. The number of hydrogen-bond donors (Lipinski definition) is 1. The van der Waals surface area contributed by atoms with Crippen molar-refractivity contribution in [2.75, 3.05) is 31.5 Å². The van der Waals surface area contributed by atoms with Gasteiger partial charge in [0.1, 0.15) is 6.54 Å². The Labute approximate surface area is 147 Å². The van der Waals surface area contributed by atoms with E-state index in [1.165, 1.54) is 56.5 Å². The van der Waals surface area contributed by atoms with Crippen LogP contribution in [-0.2, 0) is 0 Å². The smallest absolute Gasteiger partial charge is 0.103 e. The highest BCUT2D eigenvalue weighted by Crippen LogP contribution is 2.31. The van der Waals surface area contributed by atoms with E-state index < -0.39 is 0 Å². The van der Waals surface area contributed by atoms with E-state index in [4.69, 9.17) is 5.26 Å². The van der Waals surface area contributed by atoms with E-state index >= 15 is 0 Å². The average Bonchev–Trinajstić information content (AvgIpc) is 2.60. The van der Waals surface area contributed by atoms with Gasteiger partial charge in [0.25, 0.3) is 0 Å². The van der Waals surface area contributed by atoms with Crippen molar-refractivity contribution in [2.45, 2.75) is 39.5 Å². The molecule has 1 heterocycles. The van der Waals surface area contributed by atoms with Gasteiger partial charge in [0, 0.05) is 5.69 Å². The summed E-state index contributed by atoms with van der Waals surface area (Å²) in [6.07, 6.45) is 5.09. The summed E-state index contributed by atoms with van der Waals surface area (Å²) in [6, 6.07) is 10.4. The second-order valence-electron chi connectivity index (χ2n) is 7.27. The molecule has 1 N–H and O–H groups in total. The third-order valence-corrected chi connectivity index (χ3v) is 4.96. The zero-order valence-corrected chi connectivity index (χ0v) is 15.2. The maximum absolute atomic E-state index is 8.61. The fourth-order valence-electron chi connectivity index (χ4n) is 3.41. The van der Waals surface area contributed by atoms with Crippen LogP contribution in [0.3, 0.4) is 0 Å². The first kappa shape index (κ1) is 18.5. The molecule has 0 bridgehead atoms. The number of piperidine rings is 1. The Morgan fingerprint density at radius 2 is 1.96 bits per heavy atom. The van der Waals surface area contributed by atoms with E-state index in [0.717, 1.165) is 11.6 Å². The van der Waals surface area contributed by atoms with Gasteiger partial charge in [0.05, 0.1) is 6.07 Å². The zero-order valence-electron chi connectivity index (χ0n) is 15.2. The highest BCUT2D eigenvalue weighted by molar-refractivity contribution is 5.67. The number of anilines is 1. The predicted molar refractivity (Wildman–Crippen MR) is 103 cm³/mol. The normalized spacial score (nSPS) is 16.1. The summed E-state index contributed by atoms with van der Waals surface area (Å²) in [4.78, 5) is 2.61. The van der Waals surface area contributed by atoms with Gasteiger partial charge in [-0.25, -0.2) is 0 Å². The monoisotopic (exact) mass is 325 g/mol. The third-order valence-electron chi connectivity index (χ3n) is 4.96. The lowest BCUT2D eigenvalue weighted by Crippen LogP contribution is -2.34. The Balaban J connectivity index is 1.79. The van der Waals surface area contributed by atoms with Crippen molar-refractivity contribution >= 4 is 11.3 Å². The largest absolute Gasteiger partial charge is 0.372 e. The SMILES string of the molecule is C=C(c1ccc(NCC#N)cc1)C1CCN(CCCC(C)C)CC1. The standard InChI is InChI=1S/C21H31N3/c1-17(2)5-4-14-24-15-10-20(11-16-24)18(3)19-6-8-21(9-7-19)23-13-12-22/h6-9,17,20,23H,3-5,10-11,13-16H2,1-2H3. The highest BCUT2D eigenvalue weighted by Gasteiger charge is 2.21. The Morgan fingerprint density at radius 3 is 2.54 bits per heavy atom. The average molecular weight is 326 g/mol. The Morgan fingerprint density at radius 1 is 1.29 bits per heavy atom. The number of rotatable bonds is 8. The summed E-state index contributed by atoms with van der Waals surface area (Å²) >= 11 is 0. The van der Waals surface area contributed by atoms with Crippen LogP contribution < -0.4 is 5.32 Å². The van der Waals surface area contributed by atoms with Crippen LogP contribution >= 0.6 is 0 Å². The Kier molecular flexibility index (Phi) is 7.34. The zero-order chi connectivity index (χ0) is 17.4. The maximum atomic E-state index is 8.61. The van der Waals surface area contributed by atoms with Gasteiger partial charge in [0.2, 0.25) is 0 Å². The molecule has 1 saturated heterocycles. The minimum atomic E-state index is 0.343. The van der Waals surface area contributed by atoms with Crippen LogP contribution in [0.25, 0.3) is 5.57 Å².